The van der Waals surface area contributed by atoms with Crippen LogP contribution in [0, 0.1) is 6.92 Å². The van der Waals surface area contributed by atoms with Crippen LogP contribution in [0.5, 0.6) is 0 Å². The summed E-state index contributed by atoms with van der Waals surface area (Å²) in [7, 11) is 0. The van der Waals surface area contributed by atoms with Crippen LogP contribution in [0.3, 0.4) is 0 Å². The van der Waals surface area contributed by atoms with Gasteiger partial charge in [-0.3, -0.25) is 0 Å². The zero-order valence-corrected chi connectivity index (χ0v) is 20.1. The van der Waals surface area contributed by atoms with Gasteiger partial charge >= 0.3 is 0 Å². The molecule has 3 aliphatic heterocycles. The van der Waals surface area contributed by atoms with Gasteiger partial charge in [0.1, 0.15) is 0 Å². The summed E-state index contributed by atoms with van der Waals surface area (Å²) < 4.78 is 0. The van der Waals surface area contributed by atoms with E-state index in [-0.39, 0.29) is 0 Å². The molecule has 0 amide bonds. The lowest BCUT2D eigenvalue weighted by atomic mass is 10.0. The molecular weight excluding hydrogens is 438 g/mol. The maximum Gasteiger partial charge on any atom is 0.225 e. The lowest BCUT2D eigenvalue weighted by molar-refractivity contribution is 0.442. The van der Waals surface area contributed by atoms with Gasteiger partial charge in [0.2, 0.25) is 5.95 Å². The molecule has 4 aliphatic rings. The van der Waals surface area contributed by atoms with E-state index in [2.05, 4.69) is 72.8 Å². The summed E-state index contributed by atoms with van der Waals surface area (Å²) in [5, 5.41) is 16.2. The van der Waals surface area contributed by atoms with E-state index in [4.69, 9.17) is 9.97 Å². The quantitative estimate of drug-likeness (QED) is 0.600. The van der Waals surface area contributed by atoms with Crippen molar-refractivity contribution >= 4 is 23.1 Å². The molecular formula is C26H31N9. The van der Waals surface area contributed by atoms with Gasteiger partial charge in [0.05, 0.1) is 35.5 Å². The first kappa shape index (κ1) is 20.9. The fourth-order valence-electron chi connectivity index (χ4n) is 5.77. The van der Waals surface area contributed by atoms with Crippen molar-refractivity contribution in [1.29, 1.82) is 0 Å². The van der Waals surface area contributed by atoms with E-state index in [1.165, 1.54) is 18.4 Å². The van der Waals surface area contributed by atoms with Crippen molar-refractivity contribution in [3.63, 3.8) is 0 Å². The van der Waals surface area contributed by atoms with E-state index in [1.54, 1.807) is 0 Å². The molecule has 7 rings (SSSR count). The van der Waals surface area contributed by atoms with Gasteiger partial charge in [-0.1, -0.05) is 24.3 Å². The number of hydrogen-bond acceptors (Lipinski definition) is 9. The van der Waals surface area contributed by atoms with Gasteiger partial charge < -0.3 is 25.3 Å². The lowest BCUT2D eigenvalue weighted by Gasteiger charge is -2.45. The highest BCUT2D eigenvalue weighted by Gasteiger charge is 2.45. The Morgan fingerprint density at radius 3 is 2.69 bits per heavy atom. The van der Waals surface area contributed by atoms with E-state index >= 15 is 0 Å². The first-order valence-electron chi connectivity index (χ1n) is 12.7. The molecule has 3 fully saturated rings. The van der Waals surface area contributed by atoms with Crippen LogP contribution in [0.1, 0.15) is 18.4 Å². The Hall–Kier alpha value is -3.46. The monoisotopic (exact) mass is 469 g/mol. The topological polar surface area (TPSA) is 85.3 Å². The Bertz CT molecular complexity index is 1240. The molecule has 9 heteroatoms. The molecule has 2 N–H and O–H groups in total. The van der Waals surface area contributed by atoms with Gasteiger partial charge in [-0.2, -0.15) is 0 Å². The second-order valence-corrected chi connectivity index (χ2v) is 10.3. The highest BCUT2D eigenvalue weighted by molar-refractivity contribution is 5.75. The van der Waals surface area contributed by atoms with Crippen LogP contribution in [0.2, 0.25) is 0 Å². The number of nitrogens with one attached hydrogen (secondary N) is 2. The van der Waals surface area contributed by atoms with Gasteiger partial charge in [0.25, 0.3) is 0 Å². The number of hydrogen-bond donors (Lipinski definition) is 2. The molecule has 0 bridgehead atoms. The zero-order valence-electron chi connectivity index (χ0n) is 20.1. The Labute approximate surface area is 205 Å². The number of aromatic nitrogens is 4. The van der Waals surface area contributed by atoms with Crippen LogP contribution in [-0.2, 0) is 0 Å². The molecule has 180 valence electrons. The molecule has 1 spiro atoms. The fourth-order valence-corrected chi connectivity index (χ4v) is 5.77. The van der Waals surface area contributed by atoms with Crippen molar-refractivity contribution in [2.24, 2.45) is 0 Å². The molecule has 2 aromatic heterocycles. The van der Waals surface area contributed by atoms with Crippen molar-refractivity contribution in [2.75, 3.05) is 65.8 Å². The standard InChI is InChI=1S/C26H31N9/c1-18-4-2-3-5-21(18)22-12-23-24(32-31-22)27-15-20-16-33(10-11-35(20)23)25-28-13-19(14-29-25)34-9-8-30-26(17-34)6-7-26/h2-5,12-14,20,30H,6-11,15-17H2,1H3,(H,27,32)/t20-/m0/s1. The molecule has 5 heterocycles. The van der Waals surface area contributed by atoms with Crippen molar-refractivity contribution in [3.8, 4) is 11.3 Å². The molecule has 1 atom stereocenters. The van der Waals surface area contributed by atoms with Gasteiger partial charge in [0, 0.05) is 56.9 Å². The molecule has 1 aliphatic carbocycles. The normalized spacial score (nSPS) is 22.4. The fraction of sp³-hybridized carbons (Fsp3) is 0.462. The number of nitrogens with zero attached hydrogens (tertiary/aromatic N) is 7. The van der Waals surface area contributed by atoms with Crippen LogP contribution >= 0.6 is 0 Å². The number of rotatable bonds is 3. The van der Waals surface area contributed by atoms with Crippen LogP contribution < -0.4 is 25.3 Å². The van der Waals surface area contributed by atoms with Crippen molar-refractivity contribution < 1.29 is 0 Å². The Balaban J connectivity index is 1.08. The third kappa shape index (κ3) is 3.74. The van der Waals surface area contributed by atoms with Crippen LogP contribution in [0.4, 0.5) is 23.1 Å². The second kappa shape index (κ2) is 8.05. The molecule has 9 nitrogen and oxygen atoms in total. The predicted molar refractivity (Wildman–Crippen MR) is 138 cm³/mol. The zero-order chi connectivity index (χ0) is 23.4. The SMILES string of the molecule is Cc1ccccc1-c1cc2c(nn1)NC[C@H]1CN(c3ncc(N4CCNC5(CC5)C4)cn3)CCN21. The summed E-state index contributed by atoms with van der Waals surface area (Å²) in [6, 6.07) is 10.9. The summed E-state index contributed by atoms with van der Waals surface area (Å²) >= 11 is 0. The molecule has 3 aromatic rings. The summed E-state index contributed by atoms with van der Waals surface area (Å²) in [6.07, 6.45) is 6.58. The first-order valence-corrected chi connectivity index (χ1v) is 12.7. The third-order valence-corrected chi connectivity index (χ3v) is 7.99. The highest BCUT2D eigenvalue weighted by atomic mass is 15.4. The van der Waals surface area contributed by atoms with Crippen LogP contribution in [0.15, 0.2) is 42.7 Å². The lowest BCUT2D eigenvalue weighted by Crippen LogP contribution is -2.58. The highest BCUT2D eigenvalue weighted by Crippen LogP contribution is 2.39. The summed E-state index contributed by atoms with van der Waals surface area (Å²) in [4.78, 5) is 16.8. The van der Waals surface area contributed by atoms with E-state index in [0.717, 1.165) is 80.2 Å². The van der Waals surface area contributed by atoms with E-state index in [0.29, 0.717) is 11.6 Å². The van der Waals surface area contributed by atoms with Crippen molar-refractivity contribution in [3.05, 3.63) is 48.3 Å². The summed E-state index contributed by atoms with van der Waals surface area (Å²) in [5.74, 6) is 1.70. The Morgan fingerprint density at radius 1 is 1.00 bits per heavy atom. The summed E-state index contributed by atoms with van der Waals surface area (Å²) in [6.45, 7) is 8.74. The molecule has 1 saturated carbocycles. The minimum absolute atomic E-state index is 0.330. The van der Waals surface area contributed by atoms with E-state index in [1.807, 2.05) is 12.4 Å². The van der Waals surface area contributed by atoms with E-state index < -0.39 is 0 Å². The average Bonchev–Trinajstić information content (AvgIpc) is 3.66. The largest absolute Gasteiger partial charge is 0.366 e. The van der Waals surface area contributed by atoms with E-state index in [9.17, 15) is 0 Å². The molecule has 2 saturated heterocycles. The Morgan fingerprint density at radius 2 is 1.86 bits per heavy atom. The smallest absolute Gasteiger partial charge is 0.225 e. The number of piperazine rings is 2. The number of benzene rings is 1. The minimum atomic E-state index is 0.330. The predicted octanol–water partition coefficient (Wildman–Crippen LogP) is 2.30. The van der Waals surface area contributed by atoms with Gasteiger partial charge in [-0.25, -0.2) is 9.97 Å². The molecule has 0 radical (unpaired) electrons. The van der Waals surface area contributed by atoms with Crippen molar-refractivity contribution in [1.82, 2.24) is 25.5 Å². The third-order valence-electron chi connectivity index (χ3n) is 7.99. The molecule has 1 aromatic carbocycles. The maximum atomic E-state index is 4.78. The first-order chi connectivity index (χ1) is 17.2. The van der Waals surface area contributed by atoms with Gasteiger partial charge in [-0.05, 0) is 31.4 Å². The number of fused-ring (bicyclic) bond motifs is 3. The van der Waals surface area contributed by atoms with Crippen LogP contribution in [0.25, 0.3) is 11.3 Å². The summed E-state index contributed by atoms with van der Waals surface area (Å²) in [5.41, 5.74) is 5.89. The number of aryl methyl sites for hydroxylation is 1. The Kier molecular flexibility index (Phi) is 4.80. The van der Waals surface area contributed by atoms with Gasteiger partial charge in [0.15, 0.2) is 5.82 Å². The van der Waals surface area contributed by atoms with Crippen molar-refractivity contribution in [2.45, 2.75) is 31.3 Å². The van der Waals surface area contributed by atoms with Crippen LogP contribution in [-0.4, -0.2) is 77.6 Å². The molecule has 35 heavy (non-hydrogen) atoms. The second-order valence-electron chi connectivity index (χ2n) is 10.3. The minimum Gasteiger partial charge on any atom is -0.366 e. The number of anilines is 4. The average molecular weight is 470 g/mol. The maximum absolute atomic E-state index is 4.78. The molecule has 0 unspecified atom stereocenters. The van der Waals surface area contributed by atoms with Gasteiger partial charge in [-0.15, -0.1) is 10.2 Å².